The van der Waals surface area contributed by atoms with Gasteiger partial charge in [-0.3, -0.25) is 0 Å². The van der Waals surface area contributed by atoms with E-state index in [9.17, 15) is 0 Å². The molecule has 106 heavy (non-hydrogen) atoms. The molecule has 20 aromatic rings. The number of rotatable bonds is 10. The summed E-state index contributed by atoms with van der Waals surface area (Å²) >= 11 is 0. The maximum atomic E-state index is 2.54. The molecule has 0 bridgehead atoms. The molecular formula is C102H66N4. The Kier molecular flexibility index (Phi) is 13.5. The summed E-state index contributed by atoms with van der Waals surface area (Å²) in [5.74, 6) is 0.168. The number of hydrogen-bond acceptors (Lipinski definition) is 1. The Morgan fingerprint density at radius 2 is 0.500 bits per heavy atom. The first-order valence-corrected chi connectivity index (χ1v) is 36.9. The van der Waals surface area contributed by atoms with E-state index in [1.165, 1.54) is 165 Å². The predicted molar refractivity (Wildman–Crippen MR) is 448 cm³/mol. The number of aromatic nitrogens is 3. The number of hydrogen-bond donors (Lipinski definition) is 0. The molecule has 494 valence electrons. The minimum Gasteiger partial charge on any atom is -0.333 e. The minimum absolute atomic E-state index is 0.154. The summed E-state index contributed by atoms with van der Waals surface area (Å²) in [5, 5.41) is 14.8. The Morgan fingerprint density at radius 3 is 0.906 bits per heavy atom. The van der Waals surface area contributed by atoms with Gasteiger partial charge in [0.1, 0.15) is 0 Å². The average Bonchev–Trinajstić information content (AvgIpc) is 1.41. The predicted octanol–water partition coefficient (Wildman–Crippen LogP) is 27.0. The summed E-state index contributed by atoms with van der Waals surface area (Å²) in [6.45, 7) is 0. The largest absolute Gasteiger partial charge is 0.333 e. The molecule has 2 unspecified atom stereocenters. The summed E-state index contributed by atoms with van der Waals surface area (Å²) < 4.78 is 7.21. The molecule has 17 aromatic carbocycles. The van der Waals surface area contributed by atoms with Gasteiger partial charge in [-0.15, -0.1) is 0 Å². The smallest absolute Gasteiger partial charge is 0.0630 e. The molecule has 0 spiro atoms. The van der Waals surface area contributed by atoms with Gasteiger partial charge in [0.15, 0.2) is 0 Å². The van der Waals surface area contributed by atoms with Crippen LogP contribution >= 0.6 is 0 Å². The summed E-state index contributed by atoms with van der Waals surface area (Å²) in [5.41, 5.74) is 28.5. The lowest BCUT2D eigenvalue weighted by Gasteiger charge is -2.30. The maximum absolute atomic E-state index is 2.54. The van der Waals surface area contributed by atoms with Crippen molar-refractivity contribution in [2.45, 2.75) is 12.0 Å². The molecule has 0 N–H and O–H groups in total. The van der Waals surface area contributed by atoms with Crippen LogP contribution in [0, 0.1) is 0 Å². The van der Waals surface area contributed by atoms with Gasteiger partial charge >= 0.3 is 0 Å². The Hall–Kier alpha value is -13.8. The highest BCUT2D eigenvalue weighted by Crippen LogP contribution is 2.51. The fourth-order valence-electron chi connectivity index (χ4n) is 18.0. The second-order valence-corrected chi connectivity index (χ2v) is 28.7. The fraction of sp³-hybridized carbons (Fsp3) is 0.0196. The van der Waals surface area contributed by atoms with Crippen LogP contribution in [-0.2, 0) is 0 Å². The highest BCUT2D eigenvalue weighted by molar-refractivity contribution is 6.26. The van der Waals surface area contributed by atoms with E-state index in [1.54, 1.807) is 0 Å². The topological polar surface area (TPSA) is 18.0 Å². The zero-order valence-electron chi connectivity index (χ0n) is 57.9. The number of anilines is 2. The fourth-order valence-corrected chi connectivity index (χ4v) is 18.0. The molecule has 0 radical (unpaired) electrons. The van der Waals surface area contributed by atoms with Gasteiger partial charge in [-0.25, -0.2) is 0 Å². The van der Waals surface area contributed by atoms with Crippen molar-refractivity contribution < 1.29 is 0 Å². The molecule has 4 nitrogen and oxygen atoms in total. The first kappa shape index (κ1) is 59.8. The van der Waals surface area contributed by atoms with E-state index < -0.39 is 0 Å². The van der Waals surface area contributed by atoms with Gasteiger partial charge in [0, 0.05) is 66.7 Å². The standard InChI is InChI=1S/C102H66N4/c1-5-23-77(24-6-1)103-95-37-19-15-33-85(95)91-61-67(43-49-99(91)103)73-53-71(54-74(57-73)68-44-50-100-92(62-68)86-34-16-20-38-96(86)104(100)78-25-7-2-8-26-78)65-41-47-83-84-48-42-66(60-90(84)82-32-14-13-31-81(82)89(83)59-65)72-55-75(69-45-51-101-93(63-69)87-35-17-21-39-97(87)105(101)79-27-9-3-10-28-79)58-76(56-72)70-46-52-102-94(64-70)88-36-18-22-40-98(88)106(102)80-29-11-4-12-30-80/h1-64,91,99H. The summed E-state index contributed by atoms with van der Waals surface area (Å²) in [4.78, 5) is 2.52. The van der Waals surface area contributed by atoms with Crippen LogP contribution in [0.2, 0.25) is 0 Å². The highest BCUT2D eigenvalue weighted by atomic mass is 15.2. The van der Waals surface area contributed by atoms with Crippen molar-refractivity contribution in [3.63, 3.8) is 0 Å². The summed E-state index contributed by atoms with van der Waals surface area (Å²) in [6.07, 6.45) is 7.36. The third-order valence-corrected chi connectivity index (χ3v) is 22.9. The monoisotopic (exact) mass is 1350 g/mol. The summed E-state index contributed by atoms with van der Waals surface area (Å²) in [7, 11) is 0. The molecule has 2 atom stereocenters. The number of nitrogens with zero attached hydrogens (tertiary/aromatic N) is 4. The Labute approximate surface area is 613 Å². The van der Waals surface area contributed by atoms with E-state index >= 15 is 0 Å². The SMILES string of the molecule is C1=CC2C(C=C1c1cc(-c3ccc4c5ccc(-c6cc(-c7ccc8c(c7)c7ccccc7n8-c7ccccc7)cc(-c7ccc8c(c7)c7ccccc7n8-c7ccccc7)c6)cc5c5ccccc5c4c3)cc(-c3ccc4c(c3)c3ccccc3n4-c3ccccc3)c1)c1ccccc1N2c1ccccc1. The third kappa shape index (κ3) is 9.48. The van der Waals surface area contributed by atoms with Crippen LogP contribution in [0.3, 0.4) is 0 Å². The van der Waals surface area contributed by atoms with Crippen LogP contribution in [0.4, 0.5) is 11.4 Å². The normalized spacial score (nSPS) is 14.2. The minimum atomic E-state index is 0.154. The van der Waals surface area contributed by atoms with Gasteiger partial charge in [0.25, 0.3) is 0 Å². The lowest BCUT2D eigenvalue weighted by atomic mass is 9.84. The molecule has 0 saturated carbocycles. The lowest BCUT2D eigenvalue weighted by molar-refractivity contribution is 0.747. The van der Waals surface area contributed by atoms with E-state index in [-0.39, 0.29) is 12.0 Å². The molecule has 0 amide bonds. The highest BCUT2D eigenvalue weighted by Gasteiger charge is 2.38. The molecule has 1 aliphatic heterocycles. The molecule has 22 rings (SSSR count). The first-order valence-electron chi connectivity index (χ1n) is 36.9. The van der Waals surface area contributed by atoms with Crippen molar-refractivity contribution in [1.29, 1.82) is 0 Å². The first-order chi connectivity index (χ1) is 52.5. The molecule has 4 heteroatoms. The van der Waals surface area contributed by atoms with Crippen molar-refractivity contribution in [3.05, 3.63) is 399 Å². The maximum Gasteiger partial charge on any atom is 0.0630 e. The quantitative estimate of drug-likeness (QED) is 0.125. The van der Waals surface area contributed by atoms with Gasteiger partial charge in [-0.1, -0.05) is 231 Å². The van der Waals surface area contributed by atoms with E-state index in [4.69, 9.17) is 0 Å². The van der Waals surface area contributed by atoms with Gasteiger partial charge < -0.3 is 18.6 Å². The third-order valence-electron chi connectivity index (χ3n) is 22.9. The van der Waals surface area contributed by atoms with Crippen molar-refractivity contribution >= 4 is 115 Å². The van der Waals surface area contributed by atoms with Crippen LogP contribution < -0.4 is 4.90 Å². The van der Waals surface area contributed by atoms with E-state index in [1.807, 2.05) is 0 Å². The van der Waals surface area contributed by atoms with Gasteiger partial charge in [0.05, 0.1) is 39.1 Å². The lowest BCUT2D eigenvalue weighted by Crippen LogP contribution is -2.28. The van der Waals surface area contributed by atoms with E-state index in [0.717, 1.165) is 33.8 Å². The number of benzene rings is 17. The molecular weight excluding hydrogens is 1280 g/mol. The Balaban J connectivity index is 0.703. The van der Waals surface area contributed by atoms with E-state index in [0.29, 0.717) is 0 Å². The molecule has 4 heterocycles. The molecule has 0 saturated heterocycles. The van der Waals surface area contributed by atoms with Crippen LogP contribution in [0.15, 0.2) is 388 Å². The van der Waals surface area contributed by atoms with Gasteiger partial charge in [0.2, 0.25) is 0 Å². The van der Waals surface area contributed by atoms with Crippen molar-refractivity contribution in [3.8, 4) is 72.7 Å². The number of allylic oxidation sites excluding steroid dienone is 2. The zero-order valence-corrected chi connectivity index (χ0v) is 57.9. The molecule has 1 aliphatic carbocycles. The Bertz CT molecular complexity index is 6880. The summed E-state index contributed by atoms with van der Waals surface area (Å²) in [6, 6.07) is 138. The van der Waals surface area contributed by atoms with Crippen LogP contribution in [0.1, 0.15) is 17.0 Å². The van der Waals surface area contributed by atoms with Crippen molar-refractivity contribution in [1.82, 2.24) is 13.7 Å². The Morgan fingerprint density at radius 1 is 0.198 bits per heavy atom. The van der Waals surface area contributed by atoms with Crippen LogP contribution in [-0.4, -0.2) is 19.7 Å². The van der Waals surface area contributed by atoms with Crippen LogP contribution in [0.25, 0.3) is 176 Å². The number of para-hydroxylation sites is 8. The molecule has 3 aromatic heterocycles. The van der Waals surface area contributed by atoms with Crippen molar-refractivity contribution in [2.24, 2.45) is 0 Å². The molecule has 2 aliphatic rings. The van der Waals surface area contributed by atoms with E-state index in [2.05, 4.69) is 407 Å². The van der Waals surface area contributed by atoms with Gasteiger partial charge in [-0.2, -0.15) is 0 Å². The zero-order chi connectivity index (χ0) is 69.5. The molecule has 0 fully saturated rings. The number of fused-ring (bicyclic) bond motifs is 18. The van der Waals surface area contributed by atoms with Gasteiger partial charge in [-0.05, 0) is 262 Å². The second-order valence-electron chi connectivity index (χ2n) is 28.7. The second kappa shape index (κ2) is 23.9. The van der Waals surface area contributed by atoms with Crippen molar-refractivity contribution in [2.75, 3.05) is 4.90 Å². The average molecular weight is 1350 g/mol. The van der Waals surface area contributed by atoms with Crippen LogP contribution in [0.5, 0.6) is 0 Å².